The van der Waals surface area contributed by atoms with Crippen LogP contribution in [0.15, 0.2) is 72.8 Å². The highest BCUT2D eigenvalue weighted by molar-refractivity contribution is 5.90. The number of para-hydroxylation sites is 1. The maximum absolute atomic E-state index is 11.8. The molecule has 0 bridgehead atoms. The summed E-state index contributed by atoms with van der Waals surface area (Å²) in [6.07, 6.45) is 0.461. The van der Waals surface area contributed by atoms with E-state index >= 15 is 0 Å². The lowest BCUT2D eigenvalue weighted by atomic mass is 10.1. The minimum Gasteiger partial charge on any atom is -0.326 e. The summed E-state index contributed by atoms with van der Waals surface area (Å²) < 4.78 is 0. The van der Waals surface area contributed by atoms with Crippen LogP contribution < -0.4 is 10.6 Å². The van der Waals surface area contributed by atoms with Crippen molar-refractivity contribution in [3.05, 3.63) is 78.4 Å². The van der Waals surface area contributed by atoms with Gasteiger partial charge in [0.05, 0.1) is 0 Å². The maximum atomic E-state index is 11.8. The number of hydrogen-bond donors (Lipinski definition) is 2. The van der Waals surface area contributed by atoms with Crippen molar-refractivity contribution in [1.82, 2.24) is 5.32 Å². The van der Waals surface area contributed by atoms with Gasteiger partial charge in [-0.05, 0) is 34.5 Å². The lowest BCUT2D eigenvalue weighted by Crippen LogP contribution is -2.21. The molecule has 0 atom stereocenters. The molecule has 3 heteroatoms. The molecule has 0 unspecified atom stereocenters. The van der Waals surface area contributed by atoms with Crippen LogP contribution in [-0.2, 0) is 11.3 Å². The van der Waals surface area contributed by atoms with Crippen molar-refractivity contribution in [3.8, 4) is 0 Å². The van der Waals surface area contributed by atoms with E-state index in [9.17, 15) is 4.79 Å². The fraction of sp³-hybridized carbons (Fsp3) is 0.150. The summed E-state index contributed by atoms with van der Waals surface area (Å²) in [6.45, 7) is 1.43. The fourth-order valence-corrected chi connectivity index (χ4v) is 2.53. The van der Waals surface area contributed by atoms with Gasteiger partial charge in [-0.3, -0.25) is 4.79 Å². The Hall–Kier alpha value is -2.65. The lowest BCUT2D eigenvalue weighted by Gasteiger charge is -2.07. The number of hydrogen-bond acceptors (Lipinski definition) is 2. The van der Waals surface area contributed by atoms with E-state index in [-0.39, 0.29) is 5.91 Å². The Kier molecular flexibility index (Phi) is 5.02. The van der Waals surface area contributed by atoms with Gasteiger partial charge in [-0.25, -0.2) is 0 Å². The van der Waals surface area contributed by atoms with E-state index < -0.39 is 0 Å². The molecule has 0 saturated carbocycles. The highest BCUT2D eigenvalue weighted by atomic mass is 16.1. The summed E-state index contributed by atoms with van der Waals surface area (Å²) in [5.74, 6) is 0.0298. The molecule has 0 heterocycles. The van der Waals surface area contributed by atoms with Gasteiger partial charge in [-0.15, -0.1) is 0 Å². The average Bonchev–Trinajstić information content (AvgIpc) is 2.59. The molecule has 3 rings (SSSR count). The van der Waals surface area contributed by atoms with Crippen LogP contribution in [0, 0.1) is 0 Å². The third kappa shape index (κ3) is 4.41. The molecule has 0 fully saturated rings. The molecule has 3 aromatic rings. The largest absolute Gasteiger partial charge is 0.326 e. The third-order valence-corrected chi connectivity index (χ3v) is 3.73. The smallest absolute Gasteiger partial charge is 0.225 e. The number of nitrogens with one attached hydrogen (secondary N) is 2. The minimum absolute atomic E-state index is 0.0298. The Morgan fingerprint density at radius 2 is 1.57 bits per heavy atom. The molecule has 0 aliphatic carbocycles. The van der Waals surface area contributed by atoms with Crippen LogP contribution in [0.2, 0.25) is 0 Å². The van der Waals surface area contributed by atoms with Gasteiger partial charge in [0.25, 0.3) is 0 Å². The molecule has 0 aromatic heterocycles. The monoisotopic (exact) mass is 304 g/mol. The Morgan fingerprint density at radius 3 is 2.39 bits per heavy atom. The number of fused-ring (bicyclic) bond motifs is 1. The van der Waals surface area contributed by atoms with E-state index in [0.717, 1.165) is 12.2 Å². The number of rotatable bonds is 6. The van der Waals surface area contributed by atoms with Crippen molar-refractivity contribution in [1.29, 1.82) is 0 Å². The predicted molar refractivity (Wildman–Crippen MR) is 95.3 cm³/mol. The van der Waals surface area contributed by atoms with Crippen LogP contribution in [0.5, 0.6) is 0 Å². The average molecular weight is 304 g/mol. The Morgan fingerprint density at radius 1 is 0.826 bits per heavy atom. The Bertz CT molecular complexity index is 784. The van der Waals surface area contributed by atoms with Crippen LogP contribution in [0.25, 0.3) is 10.8 Å². The van der Waals surface area contributed by atoms with Crippen molar-refractivity contribution in [2.24, 2.45) is 0 Å². The number of carbonyl (C=O) groups excluding carboxylic acids is 1. The summed E-state index contributed by atoms with van der Waals surface area (Å²) in [4.78, 5) is 11.8. The van der Waals surface area contributed by atoms with Crippen LogP contribution in [0.3, 0.4) is 0 Å². The van der Waals surface area contributed by atoms with Crippen molar-refractivity contribution in [2.45, 2.75) is 13.0 Å². The molecule has 0 radical (unpaired) electrons. The summed E-state index contributed by atoms with van der Waals surface area (Å²) in [7, 11) is 0. The van der Waals surface area contributed by atoms with E-state index in [1.165, 1.54) is 16.3 Å². The molecule has 23 heavy (non-hydrogen) atoms. The summed E-state index contributed by atoms with van der Waals surface area (Å²) in [5, 5.41) is 8.70. The van der Waals surface area contributed by atoms with Crippen molar-refractivity contribution >= 4 is 22.4 Å². The topological polar surface area (TPSA) is 41.1 Å². The first kappa shape index (κ1) is 15.3. The highest BCUT2D eigenvalue weighted by Crippen LogP contribution is 2.15. The zero-order chi connectivity index (χ0) is 15.9. The first-order valence-electron chi connectivity index (χ1n) is 7.84. The molecule has 0 spiro atoms. The number of anilines is 1. The molecular weight excluding hydrogens is 284 g/mol. The SMILES string of the molecule is O=C(CCNCc1ccc2ccccc2c1)Nc1ccccc1. The first-order chi connectivity index (χ1) is 11.3. The molecule has 0 saturated heterocycles. The van der Waals surface area contributed by atoms with Gasteiger partial charge in [-0.1, -0.05) is 54.6 Å². The molecule has 2 N–H and O–H groups in total. The van der Waals surface area contributed by atoms with Crippen molar-refractivity contribution < 1.29 is 4.79 Å². The van der Waals surface area contributed by atoms with Crippen molar-refractivity contribution in [3.63, 3.8) is 0 Å². The van der Waals surface area contributed by atoms with Crippen molar-refractivity contribution in [2.75, 3.05) is 11.9 Å². The lowest BCUT2D eigenvalue weighted by molar-refractivity contribution is -0.116. The second-order valence-corrected chi connectivity index (χ2v) is 5.52. The molecule has 0 aliphatic rings. The molecule has 0 aliphatic heterocycles. The van der Waals surface area contributed by atoms with Gasteiger partial charge in [0.1, 0.15) is 0 Å². The Labute approximate surface area is 136 Å². The summed E-state index contributed by atoms with van der Waals surface area (Å²) >= 11 is 0. The number of benzene rings is 3. The van der Waals surface area contributed by atoms with E-state index in [1.807, 2.05) is 42.5 Å². The van der Waals surface area contributed by atoms with E-state index in [4.69, 9.17) is 0 Å². The third-order valence-electron chi connectivity index (χ3n) is 3.73. The maximum Gasteiger partial charge on any atom is 0.225 e. The van der Waals surface area contributed by atoms with E-state index in [0.29, 0.717) is 13.0 Å². The van der Waals surface area contributed by atoms with Gasteiger partial charge < -0.3 is 10.6 Å². The first-order valence-corrected chi connectivity index (χ1v) is 7.84. The molecular formula is C20H20N2O. The van der Waals surface area contributed by atoms with Gasteiger partial charge >= 0.3 is 0 Å². The number of amides is 1. The van der Waals surface area contributed by atoms with Gasteiger partial charge in [-0.2, -0.15) is 0 Å². The van der Waals surface area contributed by atoms with Gasteiger partial charge in [0, 0.05) is 25.2 Å². The Balaban J connectivity index is 1.44. The number of carbonyl (C=O) groups is 1. The zero-order valence-electron chi connectivity index (χ0n) is 13.0. The van der Waals surface area contributed by atoms with Crippen LogP contribution in [-0.4, -0.2) is 12.5 Å². The summed E-state index contributed by atoms with van der Waals surface area (Å²) in [6, 6.07) is 24.3. The van der Waals surface area contributed by atoms with Crippen LogP contribution >= 0.6 is 0 Å². The minimum atomic E-state index is 0.0298. The second-order valence-electron chi connectivity index (χ2n) is 5.52. The standard InChI is InChI=1S/C20H20N2O/c23-20(22-19-8-2-1-3-9-19)12-13-21-15-16-10-11-17-6-4-5-7-18(17)14-16/h1-11,14,21H,12-13,15H2,(H,22,23). The zero-order valence-corrected chi connectivity index (χ0v) is 13.0. The molecule has 3 aromatic carbocycles. The summed E-state index contributed by atoms with van der Waals surface area (Å²) in [5.41, 5.74) is 2.07. The second kappa shape index (κ2) is 7.56. The van der Waals surface area contributed by atoms with Crippen LogP contribution in [0.1, 0.15) is 12.0 Å². The van der Waals surface area contributed by atoms with Crippen LogP contribution in [0.4, 0.5) is 5.69 Å². The van der Waals surface area contributed by atoms with Gasteiger partial charge in [0.2, 0.25) is 5.91 Å². The fourth-order valence-electron chi connectivity index (χ4n) is 2.53. The highest BCUT2D eigenvalue weighted by Gasteiger charge is 2.02. The molecule has 116 valence electrons. The van der Waals surface area contributed by atoms with Gasteiger partial charge in [0.15, 0.2) is 0 Å². The predicted octanol–water partition coefficient (Wildman–Crippen LogP) is 3.96. The molecule has 3 nitrogen and oxygen atoms in total. The van der Waals surface area contributed by atoms with E-state index in [2.05, 4.69) is 41.0 Å². The molecule has 1 amide bonds. The quantitative estimate of drug-likeness (QED) is 0.677. The van der Waals surface area contributed by atoms with E-state index in [1.54, 1.807) is 0 Å². The normalized spacial score (nSPS) is 10.6.